The van der Waals surface area contributed by atoms with Gasteiger partial charge in [-0.2, -0.15) is 4.91 Å². The molecule has 0 radical (unpaired) electrons. The molecule has 2 aromatic rings. The van der Waals surface area contributed by atoms with Crippen LogP contribution in [0.25, 0.3) is 0 Å². The number of hydrogen-bond donors (Lipinski definition) is 0. The number of carbonyl (C=O) groups is 2. The first-order chi connectivity index (χ1) is 18.1. The lowest BCUT2D eigenvalue weighted by atomic mass is 9.70. The predicted octanol–water partition coefficient (Wildman–Crippen LogP) is 7.09. The molecule has 0 atom stereocenters. The Bertz CT molecular complexity index is 1240. The van der Waals surface area contributed by atoms with E-state index in [0.29, 0.717) is 18.8 Å². The number of nitroso groups, excluding NO2 is 1. The van der Waals surface area contributed by atoms with E-state index < -0.39 is 16.8 Å². The zero-order valence-electron chi connectivity index (χ0n) is 22.5. The van der Waals surface area contributed by atoms with Crippen LogP contribution in [0.4, 0.5) is 20.6 Å². The van der Waals surface area contributed by atoms with Crippen LogP contribution >= 0.6 is 0 Å². The van der Waals surface area contributed by atoms with E-state index in [1.165, 1.54) is 6.07 Å². The van der Waals surface area contributed by atoms with Crippen LogP contribution in [0.5, 0.6) is 0 Å². The number of anilines is 2. The lowest BCUT2D eigenvalue weighted by molar-refractivity contribution is -0.123. The molecule has 1 spiro atoms. The Morgan fingerprint density at radius 1 is 1.08 bits per heavy atom. The largest absolute Gasteiger partial charge is 0.444 e. The van der Waals surface area contributed by atoms with Crippen molar-refractivity contribution in [3.8, 4) is 0 Å². The summed E-state index contributed by atoms with van der Waals surface area (Å²) in [6, 6.07) is 10.9. The molecule has 0 unspecified atom stereocenters. The first kappa shape index (κ1) is 26.3. The van der Waals surface area contributed by atoms with Crippen molar-refractivity contribution in [1.29, 1.82) is 0 Å². The van der Waals surface area contributed by atoms with Gasteiger partial charge in [0.05, 0.1) is 16.8 Å². The summed E-state index contributed by atoms with van der Waals surface area (Å²) in [6.45, 7) is 6.46. The number of piperidine rings is 1. The summed E-state index contributed by atoms with van der Waals surface area (Å²) in [6.07, 6.45) is 5.85. The molecule has 7 nitrogen and oxygen atoms in total. The quantitative estimate of drug-likeness (QED) is 0.403. The van der Waals surface area contributed by atoms with Gasteiger partial charge in [-0.3, -0.25) is 9.69 Å². The number of benzene rings is 2. The lowest BCUT2D eigenvalue weighted by Crippen LogP contribution is -2.41. The molecule has 2 heterocycles. The van der Waals surface area contributed by atoms with Gasteiger partial charge in [0.25, 0.3) is 0 Å². The number of rotatable bonds is 4. The summed E-state index contributed by atoms with van der Waals surface area (Å²) >= 11 is 0. The van der Waals surface area contributed by atoms with Gasteiger partial charge < -0.3 is 9.64 Å². The average Bonchev–Trinajstić information content (AvgIpc) is 3.11. The maximum atomic E-state index is 14.8. The van der Waals surface area contributed by atoms with Gasteiger partial charge in [0.15, 0.2) is 0 Å². The summed E-state index contributed by atoms with van der Waals surface area (Å²) in [5.74, 6) is -0.351. The monoisotopic (exact) mass is 521 g/mol. The minimum Gasteiger partial charge on any atom is -0.444 e. The van der Waals surface area contributed by atoms with Crippen molar-refractivity contribution in [3.63, 3.8) is 0 Å². The molecule has 1 aliphatic carbocycles. The minimum absolute atomic E-state index is 0.0400. The van der Waals surface area contributed by atoms with Crippen LogP contribution < -0.4 is 4.90 Å². The molecule has 2 fully saturated rings. The Kier molecular flexibility index (Phi) is 7.01. The fraction of sp³-hybridized carbons (Fsp3) is 0.533. The third-order valence-electron chi connectivity index (χ3n) is 8.27. The SMILES string of the molecule is CC(C)(C)OC(=O)N1CCC(c2ccc3c(c2)N(c2cccc(F)c2CN=O)C(=O)C32CCCCC2)CC1. The Morgan fingerprint density at radius 3 is 2.45 bits per heavy atom. The smallest absolute Gasteiger partial charge is 0.410 e. The molecule has 202 valence electrons. The molecule has 0 bridgehead atoms. The fourth-order valence-electron chi connectivity index (χ4n) is 6.41. The topological polar surface area (TPSA) is 79.3 Å². The maximum Gasteiger partial charge on any atom is 0.410 e. The number of likely N-dealkylation sites (tertiary alicyclic amines) is 1. The van der Waals surface area contributed by atoms with E-state index in [1.54, 1.807) is 21.9 Å². The minimum atomic E-state index is -0.621. The van der Waals surface area contributed by atoms with Crippen molar-refractivity contribution in [2.24, 2.45) is 5.18 Å². The van der Waals surface area contributed by atoms with Gasteiger partial charge in [-0.1, -0.05) is 42.6 Å². The van der Waals surface area contributed by atoms with E-state index >= 15 is 0 Å². The van der Waals surface area contributed by atoms with E-state index in [2.05, 4.69) is 23.4 Å². The number of carbonyl (C=O) groups excluding carboxylic acids is 2. The molecular weight excluding hydrogens is 485 g/mol. The number of ether oxygens (including phenoxy) is 1. The fourth-order valence-corrected chi connectivity index (χ4v) is 6.41. The van der Waals surface area contributed by atoms with Gasteiger partial charge in [0.2, 0.25) is 5.91 Å². The van der Waals surface area contributed by atoms with E-state index in [9.17, 15) is 18.9 Å². The summed E-state index contributed by atoms with van der Waals surface area (Å²) in [5, 5.41) is 2.95. The van der Waals surface area contributed by atoms with Gasteiger partial charge in [-0.05, 0) is 81.7 Å². The summed E-state index contributed by atoms with van der Waals surface area (Å²) in [7, 11) is 0. The van der Waals surface area contributed by atoms with Crippen LogP contribution in [-0.4, -0.2) is 35.6 Å². The first-order valence-corrected chi connectivity index (χ1v) is 13.7. The van der Waals surface area contributed by atoms with Crippen LogP contribution in [-0.2, 0) is 21.5 Å². The van der Waals surface area contributed by atoms with Gasteiger partial charge in [-0.15, -0.1) is 0 Å². The van der Waals surface area contributed by atoms with Crippen molar-refractivity contribution in [3.05, 3.63) is 63.8 Å². The average molecular weight is 522 g/mol. The highest BCUT2D eigenvalue weighted by Gasteiger charge is 2.52. The molecule has 1 saturated heterocycles. The van der Waals surface area contributed by atoms with Gasteiger partial charge in [0.1, 0.15) is 18.0 Å². The number of fused-ring (bicyclic) bond motifs is 2. The zero-order chi connectivity index (χ0) is 27.1. The van der Waals surface area contributed by atoms with Crippen LogP contribution in [0, 0.1) is 10.7 Å². The Balaban J connectivity index is 1.49. The van der Waals surface area contributed by atoms with E-state index in [-0.39, 0.29) is 30.0 Å². The highest BCUT2D eigenvalue weighted by molar-refractivity contribution is 6.13. The van der Waals surface area contributed by atoms with Gasteiger partial charge in [-0.25, -0.2) is 9.18 Å². The second-order valence-electron chi connectivity index (χ2n) is 11.8. The zero-order valence-corrected chi connectivity index (χ0v) is 22.5. The van der Waals surface area contributed by atoms with Crippen LogP contribution in [0.15, 0.2) is 41.6 Å². The molecular formula is C30H36FN3O4. The Hall–Kier alpha value is -3.29. The van der Waals surface area contributed by atoms with Gasteiger partial charge in [0, 0.05) is 18.7 Å². The van der Waals surface area contributed by atoms with Crippen molar-refractivity contribution in [2.75, 3.05) is 18.0 Å². The number of amides is 2. The molecule has 3 aliphatic rings. The number of nitrogens with zero attached hydrogens (tertiary/aromatic N) is 3. The highest BCUT2D eigenvalue weighted by Crippen LogP contribution is 2.53. The van der Waals surface area contributed by atoms with Crippen molar-refractivity contribution < 1.29 is 18.7 Å². The van der Waals surface area contributed by atoms with Crippen LogP contribution in [0.2, 0.25) is 0 Å². The summed E-state index contributed by atoms with van der Waals surface area (Å²) in [4.78, 5) is 41.3. The molecule has 2 aromatic carbocycles. The second-order valence-corrected chi connectivity index (χ2v) is 11.8. The lowest BCUT2D eigenvalue weighted by Gasteiger charge is -2.34. The van der Waals surface area contributed by atoms with Crippen LogP contribution in [0.3, 0.4) is 0 Å². The molecule has 2 aliphatic heterocycles. The molecule has 1 saturated carbocycles. The standard InChI is InChI=1S/C30H36FN3O4/c1-29(2,3)38-28(36)33-16-12-20(13-17-33)21-10-11-23-26(18-21)34(27(35)30(23)14-5-4-6-15-30)25-9-7-8-24(31)22(25)19-32-37/h7-11,18,20H,4-6,12-17,19H2,1-3H3. The van der Waals surface area contributed by atoms with Crippen molar-refractivity contribution in [1.82, 2.24) is 4.90 Å². The van der Waals surface area contributed by atoms with Crippen molar-refractivity contribution >= 4 is 23.4 Å². The van der Waals surface area contributed by atoms with E-state index in [1.807, 2.05) is 20.8 Å². The van der Waals surface area contributed by atoms with E-state index in [4.69, 9.17) is 4.74 Å². The molecule has 2 amide bonds. The third-order valence-corrected chi connectivity index (χ3v) is 8.27. The molecule has 8 heteroatoms. The molecule has 38 heavy (non-hydrogen) atoms. The summed E-state index contributed by atoms with van der Waals surface area (Å²) < 4.78 is 20.4. The molecule has 5 rings (SSSR count). The number of halogens is 1. The highest BCUT2D eigenvalue weighted by atomic mass is 19.1. The Morgan fingerprint density at radius 2 is 1.79 bits per heavy atom. The Labute approximate surface area is 223 Å². The summed E-state index contributed by atoms with van der Waals surface area (Å²) in [5.41, 5.74) is 2.26. The molecule has 0 N–H and O–H groups in total. The second kappa shape index (κ2) is 10.1. The number of hydrogen-bond acceptors (Lipinski definition) is 5. The van der Waals surface area contributed by atoms with Gasteiger partial charge >= 0.3 is 6.09 Å². The molecule has 0 aromatic heterocycles. The first-order valence-electron chi connectivity index (χ1n) is 13.7. The van der Waals surface area contributed by atoms with E-state index in [0.717, 1.165) is 61.8 Å². The van der Waals surface area contributed by atoms with Crippen LogP contribution in [0.1, 0.15) is 88.3 Å². The third kappa shape index (κ3) is 4.69. The maximum absolute atomic E-state index is 14.8. The normalized spacial score (nSPS) is 19.5. The van der Waals surface area contributed by atoms with Crippen molar-refractivity contribution in [2.45, 2.75) is 89.2 Å². The predicted molar refractivity (Wildman–Crippen MR) is 144 cm³/mol.